The Morgan fingerprint density at radius 2 is 1.59 bits per heavy atom. The molecule has 0 saturated heterocycles. The molecule has 0 radical (unpaired) electrons. The highest BCUT2D eigenvalue weighted by Crippen LogP contribution is 2.25. The monoisotopic (exact) mass is 378 g/mol. The summed E-state index contributed by atoms with van der Waals surface area (Å²) in [7, 11) is 0. The molecule has 2 aromatic rings. The van der Waals surface area contributed by atoms with Gasteiger partial charge in [-0.3, -0.25) is 4.79 Å². The van der Waals surface area contributed by atoms with Crippen LogP contribution in [0.2, 0.25) is 0 Å². The predicted molar refractivity (Wildman–Crippen MR) is 90.8 cm³/mol. The third-order valence-electron chi connectivity index (χ3n) is 4.36. The molecule has 1 atom stereocenters. The van der Waals surface area contributed by atoms with E-state index in [1.165, 1.54) is 12.5 Å². The molecule has 3 rings (SSSR count). The Morgan fingerprint density at radius 1 is 0.963 bits per heavy atom. The maximum Gasteiger partial charge on any atom is 0.573 e. The van der Waals surface area contributed by atoms with Gasteiger partial charge in [0, 0.05) is 5.56 Å². The Labute approximate surface area is 153 Å². The summed E-state index contributed by atoms with van der Waals surface area (Å²) in [6.45, 7) is 1.47. The summed E-state index contributed by atoms with van der Waals surface area (Å²) in [6.07, 6.45) is -2.83. The molecule has 4 nitrogen and oxygen atoms in total. The number of halogens is 3. The molecule has 27 heavy (non-hydrogen) atoms. The molecule has 142 valence electrons. The third-order valence-corrected chi connectivity index (χ3v) is 4.36. The molecule has 2 aromatic carbocycles. The standard InChI is InChI=1S/C20H17F3O4/c1-12(18(24)16-6-5-13-3-2-4-15(13)11-16)26-19(25)14-7-9-17(10-8-14)27-20(21,22)23/h5-12H,2-4H2,1H3/t12-/m1/s1. The van der Waals surface area contributed by atoms with Crippen molar-refractivity contribution in [1.82, 2.24) is 0 Å². The highest BCUT2D eigenvalue weighted by atomic mass is 19.4. The summed E-state index contributed by atoms with van der Waals surface area (Å²) >= 11 is 0. The van der Waals surface area contributed by atoms with Gasteiger partial charge in [0.2, 0.25) is 5.78 Å². The molecule has 7 heteroatoms. The van der Waals surface area contributed by atoms with E-state index in [9.17, 15) is 22.8 Å². The first-order valence-corrected chi connectivity index (χ1v) is 8.46. The van der Waals surface area contributed by atoms with Gasteiger partial charge in [0.15, 0.2) is 6.10 Å². The molecule has 0 heterocycles. The normalized spacial score (nSPS) is 14.4. The lowest BCUT2D eigenvalue weighted by Crippen LogP contribution is -2.24. The van der Waals surface area contributed by atoms with Gasteiger partial charge in [-0.25, -0.2) is 4.79 Å². The molecule has 1 aliphatic carbocycles. The highest BCUT2D eigenvalue weighted by molar-refractivity contribution is 6.01. The van der Waals surface area contributed by atoms with Crippen LogP contribution in [-0.2, 0) is 17.6 Å². The van der Waals surface area contributed by atoms with Crippen LogP contribution in [0.4, 0.5) is 13.2 Å². The van der Waals surface area contributed by atoms with Crippen LogP contribution in [0, 0.1) is 0 Å². The van der Waals surface area contributed by atoms with Crippen LogP contribution in [-0.4, -0.2) is 24.2 Å². The van der Waals surface area contributed by atoms with E-state index in [0.717, 1.165) is 49.1 Å². The number of alkyl halides is 3. The quantitative estimate of drug-likeness (QED) is 0.568. The average Bonchev–Trinajstić information content (AvgIpc) is 3.07. The second-order valence-electron chi connectivity index (χ2n) is 6.32. The average molecular weight is 378 g/mol. The third kappa shape index (κ3) is 4.67. The van der Waals surface area contributed by atoms with Crippen LogP contribution in [0.25, 0.3) is 0 Å². The summed E-state index contributed by atoms with van der Waals surface area (Å²) in [5.74, 6) is -1.56. The van der Waals surface area contributed by atoms with Crippen molar-refractivity contribution >= 4 is 11.8 Å². The van der Waals surface area contributed by atoms with E-state index in [4.69, 9.17) is 4.74 Å². The number of Topliss-reactive ketones (excluding diaryl/α,β-unsaturated/α-hetero) is 1. The lowest BCUT2D eigenvalue weighted by Gasteiger charge is -2.14. The van der Waals surface area contributed by atoms with Gasteiger partial charge < -0.3 is 9.47 Å². The Bertz CT molecular complexity index is 857. The topological polar surface area (TPSA) is 52.6 Å². The smallest absolute Gasteiger partial charge is 0.451 e. The Hall–Kier alpha value is -2.83. The molecule has 0 N–H and O–H groups in total. The van der Waals surface area contributed by atoms with Crippen molar-refractivity contribution in [3.05, 3.63) is 64.7 Å². The lowest BCUT2D eigenvalue weighted by molar-refractivity contribution is -0.274. The van der Waals surface area contributed by atoms with Crippen molar-refractivity contribution in [2.75, 3.05) is 0 Å². The summed E-state index contributed by atoms with van der Waals surface area (Å²) < 4.78 is 45.4. The van der Waals surface area contributed by atoms with Crippen LogP contribution >= 0.6 is 0 Å². The maximum absolute atomic E-state index is 12.5. The molecule has 0 unspecified atom stereocenters. The molecule has 0 spiro atoms. The fourth-order valence-electron chi connectivity index (χ4n) is 3.03. The highest BCUT2D eigenvalue weighted by Gasteiger charge is 2.31. The first-order valence-electron chi connectivity index (χ1n) is 8.46. The largest absolute Gasteiger partial charge is 0.573 e. The summed E-state index contributed by atoms with van der Waals surface area (Å²) in [5.41, 5.74) is 2.87. The van der Waals surface area contributed by atoms with Gasteiger partial charge in [-0.05, 0) is 67.6 Å². The van der Waals surface area contributed by atoms with E-state index in [-0.39, 0.29) is 11.3 Å². The summed E-state index contributed by atoms with van der Waals surface area (Å²) in [4.78, 5) is 24.6. The van der Waals surface area contributed by atoms with Crippen molar-refractivity contribution < 1.29 is 32.2 Å². The Balaban J connectivity index is 1.64. The zero-order valence-corrected chi connectivity index (χ0v) is 14.5. The van der Waals surface area contributed by atoms with E-state index < -0.39 is 24.2 Å². The predicted octanol–water partition coefficient (Wildman–Crippen LogP) is 4.50. The van der Waals surface area contributed by atoms with E-state index in [0.29, 0.717) is 5.56 Å². The van der Waals surface area contributed by atoms with Crippen LogP contribution in [0.15, 0.2) is 42.5 Å². The second kappa shape index (κ2) is 7.42. The first-order chi connectivity index (χ1) is 12.7. The molecular weight excluding hydrogens is 361 g/mol. The van der Waals surface area contributed by atoms with E-state index in [1.54, 1.807) is 6.07 Å². The van der Waals surface area contributed by atoms with Crippen molar-refractivity contribution in [3.63, 3.8) is 0 Å². The van der Waals surface area contributed by atoms with Gasteiger partial charge in [0.05, 0.1) is 5.56 Å². The van der Waals surface area contributed by atoms with Gasteiger partial charge in [-0.1, -0.05) is 12.1 Å². The number of esters is 1. The molecule has 0 aliphatic heterocycles. The van der Waals surface area contributed by atoms with Gasteiger partial charge >= 0.3 is 12.3 Å². The van der Waals surface area contributed by atoms with Gasteiger partial charge in [-0.15, -0.1) is 13.2 Å². The molecule has 0 bridgehead atoms. The first kappa shape index (κ1) is 18.9. The van der Waals surface area contributed by atoms with Gasteiger partial charge in [0.1, 0.15) is 5.75 Å². The summed E-state index contributed by atoms with van der Waals surface area (Å²) in [5, 5.41) is 0. The minimum Gasteiger partial charge on any atom is -0.451 e. The number of carbonyl (C=O) groups excluding carboxylic acids is 2. The lowest BCUT2D eigenvalue weighted by atomic mass is 10.0. The van der Waals surface area contributed by atoms with Crippen LogP contribution in [0.5, 0.6) is 5.75 Å². The van der Waals surface area contributed by atoms with Crippen molar-refractivity contribution in [2.24, 2.45) is 0 Å². The number of hydrogen-bond donors (Lipinski definition) is 0. The number of fused-ring (bicyclic) bond motifs is 1. The van der Waals surface area contributed by atoms with Crippen molar-refractivity contribution in [1.29, 1.82) is 0 Å². The van der Waals surface area contributed by atoms with E-state index in [1.807, 2.05) is 12.1 Å². The second-order valence-corrected chi connectivity index (χ2v) is 6.32. The maximum atomic E-state index is 12.5. The minimum absolute atomic E-state index is 0.0260. The number of ether oxygens (including phenoxy) is 2. The Morgan fingerprint density at radius 3 is 2.26 bits per heavy atom. The van der Waals surface area contributed by atoms with Gasteiger partial charge in [-0.2, -0.15) is 0 Å². The Kier molecular flexibility index (Phi) is 5.21. The van der Waals surface area contributed by atoms with Gasteiger partial charge in [0.25, 0.3) is 0 Å². The number of aryl methyl sites for hydroxylation is 2. The fourth-order valence-corrected chi connectivity index (χ4v) is 3.03. The zero-order valence-electron chi connectivity index (χ0n) is 14.5. The van der Waals surface area contributed by atoms with E-state index >= 15 is 0 Å². The summed E-state index contributed by atoms with van der Waals surface area (Å²) in [6, 6.07) is 9.79. The SMILES string of the molecule is C[C@@H](OC(=O)c1ccc(OC(F)(F)F)cc1)C(=O)c1ccc2c(c1)CCC2. The van der Waals surface area contributed by atoms with Crippen LogP contribution < -0.4 is 4.74 Å². The number of carbonyl (C=O) groups is 2. The number of benzene rings is 2. The fraction of sp³-hybridized carbons (Fsp3) is 0.300. The molecule has 0 aromatic heterocycles. The van der Waals surface area contributed by atoms with Crippen LogP contribution in [0.1, 0.15) is 45.2 Å². The molecule has 0 fully saturated rings. The number of rotatable bonds is 5. The molecular formula is C20H17F3O4. The van der Waals surface area contributed by atoms with E-state index in [2.05, 4.69) is 4.74 Å². The number of hydrogen-bond acceptors (Lipinski definition) is 4. The van der Waals surface area contributed by atoms with Crippen molar-refractivity contribution in [2.45, 2.75) is 38.7 Å². The van der Waals surface area contributed by atoms with Crippen LogP contribution in [0.3, 0.4) is 0 Å². The number of ketones is 1. The molecule has 0 saturated carbocycles. The minimum atomic E-state index is -4.81. The molecule has 1 aliphatic rings. The van der Waals surface area contributed by atoms with Crippen molar-refractivity contribution in [3.8, 4) is 5.75 Å². The zero-order chi connectivity index (χ0) is 19.6. The molecule has 0 amide bonds.